The van der Waals surface area contributed by atoms with E-state index in [9.17, 15) is 53.4 Å². The molecule has 0 aromatic heterocycles. The highest BCUT2D eigenvalue weighted by Gasteiger charge is 2.40. The molecule has 670 valence electrons. The van der Waals surface area contributed by atoms with Crippen molar-refractivity contribution in [3.63, 3.8) is 0 Å². The van der Waals surface area contributed by atoms with Gasteiger partial charge in [0.2, 0.25) is 20.1 Å². The quantitative estimate of drug-likeness (QED) is 0.0153. The number of hydrogen-bond donors (Lipinski definition) is 5. The van der Waals surface area contributed by atoms with Crippen LogP contribution in [0.25, 0.3) is 33.4 Å². The number of amides is 5. The minimum atomic E-state index is -2.25. The molecule has 14 rings (SSSR count). The molecule has 21 nitrogen and oxygen atoms in total. The molecule has 0 fully saturated rings. The summed E-state index contributed by atoms with van der Waals surface area (Å²) in [5.41, 5.74) is 16.9. The summed E-state index contributed by atoms with van der Waals surface area (Å²) in [7, 11) is 0.809. The van der Waals surface area contributed by atoms with E-state index in [1.165, 1.54) is 16.8 Å². The number of carboxylic acid groups (broad SMARTS) is 2. The van der Waals surface area contributed by atoms with Crippen molar-refractivity contribution in [1.82, 2.24) is 25.8 Å². The summed E-state index contributed by atoms with van der Waals surface area (Å²) < 4.78 is 28.0. The van der Waals surface area contributed by atoms with Crippen molar-refractivity contribution >= 4 is 73.3 Å². The summed E-state index contributed by atoms with van der Waals surface area (Å²) in [5, 5.41) is 27.5. The summed E-state index contributed by atoms with van der Waals surface area (Å²) >= 11 is 5.28. The number of aliphatic carboxylic acids is 2. The molecule has 3 aliphatic carbocycles. The maximum absolute atomic E-state index is 14.1. The first-order valence-corrected chi connectivity index (χ1v) is 47.4. The maximum atomic E-state index is 14.1. The van der Waals surface area contributed by atoms with Crippen molar-refractivity contribution in [3.05, 3.63) is 358 Å². The van der Waals surface area contributed by atoms with Crippen molar-refractivity contribution in [2.75, 3.05) is 33.9 Å². The summed E-state index contributed by atoms with van der Waals surface area (Å²) in [4.78, 5) is 117. The fourth-order valence-electron chi connectivity index (χ4n) is 16.9. The summed E-state index contributed by atoms with van der Waals surface area (Å²) in [6, 6.07) is 90.2. The largest absolute Gasteiger partial charge is 0.518 e. The van der Waals surface area contributed by atoms with Gasteiger partial charge in [0, 0.05) is 75.6 Å². The Balaban J connectivity index is 0.000000177. The molecule has 0 heterocycles. The Kier molecular flexibility index (Phi) is 34.2. The van der Waals surface area contributed by atoms with Crippen LogP contribution < -0.4 is 16.0 Å². The van der Waals surface area contributed by atoms with Crippen LogP contribution in [0, 0.1) is 11.3 Å². The van der Waals surface area contributed by atoms with E-state index in [1.54, 1.807) is 7.05 Å². The number of nitrogens with zero attached hydrogens (tertiary/aromatic N) is 2. The number of likely N-dealkylation sites (N-methyl/N-ethyl adjacent to an activating group) is 2. The molecule has 5 amide bonds. The lowest BCUT2D eigenvalue weighted by molar-refractivity contribution is -0.149. The first-order valence-electron chi connectivity index (χ1n) is 43.6. The zero-order valence-corrected chi connectivity index (χ0v) is 76.3. The van der Waals surface area contributed by atoms with Gasteiger partial charge in [0.15, 0.2) is 0 Å². The zero-order chi connectivity index (χ0) is 92.3. The number of carbonyl (C=O) groups is 9. The summed E-state index contributed by atoms with van der Waals surface area (Å²) in [6.07, 6.45) is 0.801. The van der Waals surface area contributed by atoms with Crippen molar-refractivity contribution in [2.24, 2.45) is 11.3 Å². The standard InChI is InChI=1S/C37H40N2O5Si.C34H32N2O5.C24H21NO4.C11H21ClO2/c1-39(34(36(41)44-45(2,3)4)24-27-17-9-6-10-18-27)35(40)33(23-26-15-7-5-8-16-26)38-37(42)43-25-32-30-21-13-11-19-28(30)29-20-12-14-22-31(29)32;1-36(31(33(38)39)21-24-14-6-3-7-15-24)32(37)30(20-23-12-4-2-5-13-23)35-34(40)41-22-29-27-18-10-8-16-25(27)26-17-9-11-19-28(26)29;26-23(27)22(14-16-8-2-1-3-9-16)25-24(28)29-15-21-19-12-6-4-10-17(19)18-11-5-7-13-20(18)21;1-6-8(7-2)9(11(3,4)5)14-10(12)13/h5-22,32-34H,23-25H2,1-4H3,(H,38,42);2-19,29-31H,20-22H2,1H3,(H,35,40)(H,38,39);1-13,21-22H,14-15H2,(H,25,28)(H,26,27);8-9H,6-7H2,1-5H3/t33-,34-;30-,31-;22-;/m000./s1. The molecule has 23 heteroatoms. The van der Waals surface area contributed by atoms with Crippen molar-refractivity contribution in [1.29, 1.82) is 0 Å². The van der Waals surface area contributed by atoms with Gasteiger partial charge in [-0.3, -0.25) is 14.4 Å². The average molecular weight is 1780 g/mol. The van der Waals surface area contributed by atoms with E-state index in [0.29, 0.717) is 5.92 Å². The molecule has 3 aliphatic rings. The molecule has 129 heavy (non-hydrogen) atoms. The first-order chi connectivity index (χ1) is 62.0. The van der Waals surface area contributed by atoms with Crippen LogP contribution in [-0.4, -0.2) is 152 Å². The van der Waals surface area contributed by atoms with E-state index >= 15 is 0 Å². The van der Waals surface area contributed by atoms with Crippen molar-refractivity contribution < 1.29 is 76.7 Å². The molecule has 0 bridgehead atoms. The van der Waals surface area contributed by atoms with Gasteiger partial charge in [-0.05, 0) is 138 Å². The van der Waals surface area contributed by atoms with Gasteiger partial charge in [-0.15, -0.1) is 0 Å². The van der Waals surface area contributed by atoms with E-state index in [1.807, 2.05) is 268 Å². The van der Waals surface area contributed by atoms with Gasteiger partial charge < -0.3 is 59.3 Å². The SMILES string of the molecule is CCC(CC)C(OC(=O)Cl)C(C)(C)C.CN(C(=O)[C@H](Cc1ccccc1)NC(=O)OCC1c2ccccc2-c2ccccc21)[C@@H](Cc1ccccc1)C(=O)O.CN(C(=O)[C@H](Cc1ccccc1)NC(=O)OCC1c2ccccc2-c2ccccc21)[C@@H](Cc1ccccc1)C(=O)O[Si](C)(C)C.O=C(N[C@@H](Cc1ccccc1)C(=O)O)OCC1c2ccccc2-c2ccccc21. The van der Waals surface area contributed by atoms with E-state index in [4.69, 9.17) is 35.0 Å². The molecule has 0 aliphatic heterocycles. The number of fused-ring (bicyclic) bond motifs is 9. The third-order valence-electron chi connectivity index (χ3n) is 23.3. The minimum absolute atomic E-state index is 0.0543. The van der Waals surface area contributed by atoms with Gasteiger partial charge in [-0.2, -0.15) is 0 Å². The van der Waals surface area contributed by atoms with Crippen LogP contribution in [-0.2, 0) is 79.5 Å². The number of rotatable bonds is 31. The Labute approximate surface area is 761 Å². The van der Waals surface area contributed by atoms with Crippen LogP contribution in [0.5, 0.6) is 0 Å². The normalized spacial score (nSPS) is 13.5. The molecule has 0 saturated heterocycles. The van der Waals surface area contributed by atoms with Gasteiger partial charge in [0.25, 0.3) is 0 Å². The van der Waals surface area contributed by atoms with Crippen molar-refractivity contribution in [3.8, 4) is 33.4 Å². The molecule has 11 aromatic carbocycles. The van der Waals surface area contributed by atoms with Gasteiger partial charge in [-0.1, -0.05) is 332 Å². The highest BCUT2D eigenvalue weighted by Crippen LogP contribution is 2.47. The molecule has 0 saturated carbocycles. The highest BCUT2D eigenvalue weighted by atomic mass is 35.5. The molecule has 5 N–H and O–H groups in total. The lowest BCUT2D eigenvalue weighted by Gasteiger charge is -2.35. The minimum Gasteiger partial charge on any atom is -0.518 e. The predicted molar refractivity (Wildman–Crippen MR) is 504 cm³/mol. The third-order valence-corrected chi connectivity index (χ3v) is 24.2. The molecular weight excluding hydrogens is 1660 g/mol. The smallest absolute Gasteiger partial charge is 0.407 e. The Morgan fingerprint density at radius 2 is 0.612 bits per heavy atom. The maximum Gasteiger partial charge on any atom is 0.407 e. The number of hydrogen-bond acceptors (Lipinski definition) is 14. The Morgan fingerprint density at radius 1 is 0.364 bits per heavy atom. The van der Waals surface area contributed by atoms with Gasteiger partial charge in [-0.25, -0.2) is 28.8 Å². The van der Waals surface area contributed by atoms with Crippen LogP contribution in [0.3, 0.4) is 0 Å². The number of halogens is 1. The number of carboxylic acids is 2. The summed E-state index contributed by atoms with van der Waals surface area (Å²) in [5.74, 6) is -3.49. The zero-order valence-electron chi connectivity index (χ0n) is 74.5. The van der Waals surface area contributed by atoms with E-state index in [2.05, 4.69) is 99.1 Å². The third kappa shape index (κ3) is 26.4. The second-order valence-corrected chi connectivity index (χ2v) is 39.1. The lowest BCUT2D eigenvalue weighted by Crippen LogP contribution is -2.55. The second kappa shape index (κ2) is 45.8. The summed E-state index contributed by atoms with van der Waals surface area (Å²) in [6.45, 7) is 16.6. The topological polar surface area (TPSA) is 283 Å². The number of ether oxygens (including phenoxy) is 4. The number of alkyl carbamates (subject to hydrolysis) is 3. The molecule has 0 radical (unpaired) electrons. The lowest BCUT2D eigenvalue weighted by atomic mass is 9.79. The number of nitrogens with one attached hydrogen (secondary N) is 3. The molecule has 6 atom stereocenters. The Morgan fingerprint density at radius 3 is 0.868 bits per heavy atom. The molecule has 0 spiro atoms. The molecule has 11 aromatic rings. The number of benzene rings is 11. The predicted octanol–water partition coefficient (Wildman–Crippen LogP) is 20.3. The molecule has 1 unspecified atom stereocenters. The fraction of sp³-hybridized carbons (Fsp3) is 0.292. The first kappa shape index (κ1) is 96.2. The molecular formula is C106H114ClN5O16Si. The van der Waals surface area contributed by atoms with Crippen LogP contribution in [0.2, 0.25) is 19.6 Å². The van der Waals surface area contributed by atoms with Crippen LogP contribution >= 0.6 is 11.6 Å². The second-order valence-electron chi connectivity index (χ2n) is 34.4. The van der Waals surface area contributed by atoms with E-state index < -0.39 is 92.0 Å². The van der Waals surface area contributed by atoms with Crippen LogP contribution in [0.1, 0.15) is 126 Å². The Hall–Kier alpha value is -13.4. The average Bonchev–Trinajstić information content (AvgIpc) is 1.62. The monoisotopic (exact) mass is 1780 g/mol. The van der Waals surface area contributed by atoms with Crippen LogP contribution in [0.15, 0.2) is 297 Å². The fourth-order valence-corrected chi connectivity index (χ4v) is 17.7. The highest BCUT2D eigenvalue weighted by molar-refractivity contribution is 6.71. The van der Waals surface area contributed by atoms with Crippen molar-refractivity contribution in [2.45, 2.75) is 153 Å². The van der Waals surface area contributed by atoms with Gasteiger partial charge in [0.1, 0.15) is 56.1 Å². The van der Waals surface area contributed by atoms with E-state index in [0.717, 1.165) is 107 Å². The Bertz CT molecular complexity index is 5480. The van der Waals surface area contributed by atoms with E-state index in [-0.39, 0.29) is 81.2 Å². The van der Waals surface area contributed by atoms with Gasteiger partial charge >= 0.3 is 41.6 Å². The van der Waals surface area contributed by atoms with Gasteiger partial charge in [0.05, 0.1) is 0 Å². The van der Waals surface area contributed by atoms with Crippen LogP contribution in [0.4, 0.5) is 19.2 Å². The number of carbonyl (C=O) groups excluding carboxylic acids is 7.